The minimum atomic E-state index is -0.134. The van der Waals surface area contributed by atoms with E-state index >= 15 is 0 Å². The van der Waals surface area contributed by atoms with E-state index in [-0.39, 0.29) is 12.3 Å². The summed E-state index contributed by atoms with van der Waals surface area (Å²) in [6, 6.07) is 26.8. The fraction of sp³-hybridized carbons (Fsp3) is 0.0870. The van der Waals surface area contributed by atoms with E-state index in [4.69, 9.17) is 0 Å². The maximum Gasteiger partial charge on any atom is 0.232 e. The quantitative estimate of drug-likeness (QED) is 0.373. The second-order valence-electron chi connectivity index (χ2n) is 6.04. The van der Waals surface area contributed by atoms with Gasteiger partial charge in [-0.3, -0.25) is 4.79 Å². The first kappa shape index (κ1) is 19.1. The van der Waals surface area contributed by atoms with Gasteiger partial charge < -0.3 is 4.90 Å². The fourth-order valence-corrected chi connectivity index (χ4v) is 3.51. The summed E-state index contributed by atoms with van der Waals surface area (Å²) >= 11 is 2.23. The SMILES string of the molecule is O=C=C(CC(=O)N(Cc1ccccc1)c1ccccc1I)c1ccccc1. The standard InChI is InChI=1S/C23H18INO2/c24-21-13-7-8-14-22(21)25(16-18-9-3-1-4-10-18)23(27)15-20(17-26)19-11-5-2-6-12-19/h1-14H,15-16H2. The van der Waals surface area contributed by atoms with Crippen LogP contribution in [0.2, 0.25) is 0 Å². The largest absolute Gasteiger partial charge is 0.307 e. The van der Waals surface area contributed by atoms with Gasteiger partial charge in [0.2, 0.25) is 5.91 Å². The van der Waals surface area contributed by atoms with Crippen molar-refractivity contribution in [2.75, 3.05) is 4.90 Å². The zero-order chi connectivity index (χ0) is 19.1. The third kappa shape index (κ3) is 4.94. The topological polar surface area (TPSA) is 37.4 Å². The van der Waals surface area contributed by atoms with Crippen molar-refractivity contribution >= 4 is 45.7 Å². The van der Waals surface area contributed by atoms with Crippen LogP contribution in [-0.4, -0.2) is 11.8 Å². The van der Waals surface area contributed by atoms with Crippen molar-refractivity contribution in [2.45, 2.75) is 13.0 Å². The number of amides is 1. The van der Waals surface area contributed by atoms with Crippen LogP contribution in [0, 0.1) is 3.57 Å². The number of carbonyl (C=O) groups excluding carboxylic acids is 2. The molecule has 0 atom stereocenters. The van der Waals surface area contributed by atoms with Gasteiger partial charge in [-0.15, -0.1) is 0 Å². The zero-order valence-corrected chi connectivity index (χ0v) is 16.8. The highest BCUT2D eigenvalue weighted by atomic mass is 127. The van der Waals surface area contributed by atoms with Crippen LogP contribution >= 0.6 is 22.6 Å². The summed E-state index contributed by atoms with van der Waals surface area (Å²) < 4.78 is 0.982. The van der Waals surface area contributed by atoms with Crippen LogP contribution in [0.4, 0.5) is 5.69 Å². The van der Waals surface area contributed by atoms with Crippen LogP contribution in [0.5, 0.6) is 0 Å². The molecular weight excluding hydrogens is 449 g/mol. The maximum atomic E-state index is 13.2. The van der Waals surface area contributed by atoms with Crippen molar-refractivity contribution in [1.29, 1.82) is 0 Å². The van der Waals surface area contributed by atoms with Gasteiger partial charge in [-0.1, -0.05) is 72.8 Å². The molecule has 0 aliphatic rings. The Bertz CT molecular complexity index is 964. The molecule has 134 valence electrons. The molecule has 0 saturated carbocycles. The number of carbonyl (C=O) groups is 1. The highest BCUT2D eigenvalue weighted by Crippen LogP contribution is 2.26. The van der Waals surface area contributed by atoms with E-state index in [9.17, 15) is 9.59 Å². The Hall–Kier alpha value is -2.69. The van der Waals surface area contributed by atoms with E-state index in [0.717, 1.165) is 20.4 Å². The third-order valence-corrected chi connectivity index (χ3v) is 5.11. The van der Waals surface area contributed by atoms with E-state index in [1.807, 2.05) is 90.9 Å². The van der Waals surface area contributed by atoms with Crippen LogP contribution in [0.25, 0.3) is 5.57 Å². The summed E-state index contributed by atoms with van der Waals surface area (Å²) in [5, 5.41) is 0. The van der Waals surface area contributed by atoms with E-state index < -0.39 is 0 Å². The Morgan fingerprint density at radius 2 is 1.44 bits per heavy atom. The fourth-order valence-electron chi connectivity index (χ4n) is 2.83. The van der Waals surface area contributed by atoms with Crippen LogP contribution in [0.15, 0.2) is 84.9 Å². The Morgan fingerprint density at radius 3 is 2.07 bits per heavy atom. The second kappa shape index (κ2) is 9.31. The molecule has 0 unspecified atom stereocenters. The van der Waals surface area contributed by atoms with Crippen LogP contribution in [0.3, 0.4) is 0 Å². The predicted octanol–water partition coefficient (Wildman–Crippen LogP) is 5.13. The van der Waals surface area contributed by atoms with Gasteiger partial charge in [0, 0.05) is 3.57 Å². The highest BCUT2D eigenvalue weighted by molar-refractivity contribution is 14.1. The number of benzene rings is 3. The Labute approximate surface area is 172 Å². The van der Waals surface area contributed by atoms with E-state index in [2.05, 4.69) is 22.6 Å². The number of halogens is 1. The third-order valence-electron chi connectivity index (χ3n) is 4.20. The number of para-hydroxylation sites is 1. The molecule has 1 amide bonds. The Balaban J connectivity index is 1.91. The molecule has 4 heteroatoms. The van der Waals surface area contributed by atoms with E-state index in [1.165, 1.54) is 0 Å². The number of hydrogen-bond acceptors (Lipinski definition) is 2. The van der Waals surface area contributed by atoms with Crippen molar-refractivity contribution in [2.24, 2.45) is 0 Å². The monoisotopic (exact) mass is 467 g/mol. The van der Waals surface area contributed by atoms with Gasteiger partial charge in [0.05, 0.1) is 24.2 Å². The van der Waals surface area contributed by atoms with E-state index in [1.54, 1.807) is 4.90 Å². The molecule has 0 bridgehead atoms. The minimum Gasteiger partial charge on any atom is -0.307 e. The smallest absolute Gasteiger partial charge is 0.232 e. The average Bonchev–Trinajstić information content (AvgIpc) is 2.72. The van der Waals surface area contributed by atoms with Gasteiger partial charge in [-0.05, 0) is 45.9 Å². The molecule has 0 aromatic heterocycles. The minimum absolute atomic E-state index is 0.00528. The molecule has 0 saturated heterocycles. The number of anilines is 1. The summed E-state index contributed by atoms with van der Waals surface area (Å²) in [6.07, 6.45) is 0.00528. The van der Waals surface area contributed by atoms with Crippen LogP contribution in [0.1, 0.15) is 17.5 Å². The van der Waals surface area contributed by atoms with Crippen LogP contribution in [-0.2, 0) is 16.1 Å². The molecule has 3 nitrogen and oxygen atoms in total. The van der Waals surface area contributed by atoms with E-state index in [0.29, 0.717) is 12.1 Å². The molecule has 3 aromatic rings. The van der Waals surface area contributed by atoms with Gasteiger partial charge in [0.1, 0.15) is 5.94 Å². The lowest BCUT2D eigenvalue weighted by Crippen LogP contribution is -2.31. The highest BCUT2D eigenvalue weighted by Gasteiger charge is 2.20. The molecule has 0 radical (unpaired) electrons. The molecule has 27 heavy (non-hydrogen) atoms. The molecule has 3 aromatic carbocycles. The summed E-state index contributed by atoms with van der Waals surface area (Å²) in [5.41, 5.74) is 2.96. The molecule has 0 fully saturated rings. The van der Waals surface area contributed by atoms with Crippen LogP contribution < -0.4 is 4.90 Å². The molecule has 3 rings (SSSR count). The predicted molar refractivity (Wildman–Crippen MR) is 117 cm³/mol. The van der Waals surface area contributed by atoms with Gasteiger partial charge in [0.15, 0.2) is 0 Å². The Kier molecular flexibility index (Phi) is 6.58. The van der Waals surface area contributed by atoms with Gasteiger partial charge in [-0.2, -0.15) is 0 Å². The molecule has 0 aliphatic heterocycles. The van der Waals surface area contributed by atoms with Crippen molar-refractivity contribution in [3.63, 3.8) is 0 Å². The average molecular weight is 467 g/mol. The molecule has 0 aliphatic carbocycles. The molecular formula is C23H18INO2. The molecule has 0 heterocycles. The number of hydrogen-bond donors (Lipinski definition) is 0. The van der Waals surface area contributed by atoms with Gasteiger partial charge in [-0.25, -0.2) is 4.79 Å². The summed E-state index contributed by atoms with van der Waals surface area (Å²) in [4.78, 5) is 26.4. The summed E-state index contributed by atoms with van der Waals surface area (Å²) in [5.74, 6) is 1.82. The first-order valence-corrected chi connectivity index (χ1v) is 9.65. The lowest BCUT2D eigenvalue weighted by Gasteiger charge is -2.24. The summed E-state index contributed by atoms with van der Waals surface area (Å²) in [6.45, 7) is 0.445. The van der Waals surface area contributed by atoms with Crippen molar-refractivity contribution in [3.8, 4) is 0 Å². The van der Waals surface area contributed by atoms with Crippen molar-refractivity contribution in [3.05, 3.63) is 99.6 Å². The number of rotatable bonds is 6. The second-order valence-corrected chi connectivity index (χ2v) is 7.20. The maximum absolute atomic E-state index is 13.2. The molecule has 0 N–H and O–H groups in total. The first-order valence-electron chi connectivity index (χ1n) is 8.57. The van der Waals surface area contributed by atoms with Crippen molar-refractivity contribution in [1.82, 2.24) is 0 Å². The number of nitrogens with zero attached hydrogens (tertiary/aromatic N) is 1. The molecule has 0 spiro atoms. The lowest BCUT2D eigenvalue weighted by atomic mass is 10.0. The Morgan fingerprint density at radius 1 is 0.852 bits per heavy atom. The summed E-state index contributed by atoms with van der Waals surface area (Å²) in [7, 11) is 0. The van der Waals surface area contributed by atoms with Gasteiger partial charge >= 0.3 is 0 Å². The van der Waals surface area contributed by atoms with Crippen molar-refractivity contribution < 1.29 is 9.59 Å². The lowest BCUT2D eigenvalue weighted by molar-refractivity contribution is -0.117. The van der Waals surface area contributed by atoms with Gasteiger partial charge in [0.25, 0.3) is 0 Å². The zero-order valence-electron chi connectivity index (χ0n) is 14.6. The first-order chi connectivity index (χ1) is 13.2. The normalized spacial score (nSPS) is 10.1.